The Bertz CT molecular complexity index is 408. The number of furan rings is 1. The first-order valence-corrected chi connectivity index (χ1v) is 8.13. The van der Waals surface area contributed by atoms with Gasteiger partial charge < -0.3 is 19.2 Å². The first kappa shape index (κ1) is 16.5. The smallest absolute Gasteiger partial charge is 0.130 e. The lowest BCUT2D eigenvalue weighted by molar-refractivity contribution is -0.0472. The third-order valence-corrected chi connectivity index (χ3v) is 3.76. The van der Waals surface area contributed by atoms with Crippen molar-refractivity contribution in [2.75, 3.05) is 19.8 Å². The Hall–Kier alpha value is -0.840. The van der Waals surface area contributed by atoms with Gasteiger partial charge in [0.2, 0.25) is 0 Å². The Labute approximate surface area is 128 Å². The van der Waals surface area contributed by atoms with Crippen LogP contribution in [0.15, 0.2) is 10.5 Å². The van der Waals surface area contributed by atoms with Gasteiger partial charge in [-0.15, -0.1) is 0 Å². The molecule has 0 aromatic carbocycles. The standard InChI is InChI=1S/C17H29NO3/c1-13(2)9-18-10-15-8-17(21-14(15)3)12-19-11-16-6-4-5-7-20-16/h8,13,16,18H,4-7,9-12H2,1-3H3. The number of ether oxygens (including phenoxy) is 2. The molecule has 0 radical (unpaired) electrons. The third-order valence-electron chi connectivity index (χ3n) is 3.76. The van der Waals surface area contributed by atoms with Gasteiger partial charge >= 0.3 is 0 Å². The van der Waals surface area contributed by atoms with E-state index in [1.165, 1.54) is 18.4 Å². The molecule has 2 rings (SSSR count). The molecule has 1 unspecified atom stereocenters. The van der Waals surface area contributed by atoms with Crippen LogP contribution in [0, 0.1) is 12.8 Å². The highest BCUT2D eigenvalue weighted by Gasteiger charge is 2.14. The minimum Gasteiger partial charge on any atom is -0.464 e. The van der Waals surface area contributed by atoms with Crippen LogP contribution in [0.2, 0.25) is 0 Å². The molecule has 0 amide bonds. The summed E-state index contributed by atoms with van der Waals surface area (Å²) in [5.41, 5.74) is 1.23. The fraction of sp³-hybridized carbons (Fsp3) is 0.765. The van der Waals surface area contributed by atoms with E-state index in [0.29, 0.717) is 19.1 Å². The van der Waals surface area contributed by atoms with Crippen molar-refractivity contribution in [3.63, 3.8) is 0 Å². The van der Waals surface area contributed by atoms with Crippen molar-refractivity contribution in [1.29, 1.82) is 0 Å². The molecule has 0 spiro atoms. The molecule has 1 fully saturated rings. The molecule has 2 heterocycles. The van der Waals surface area contributed by atoms with Crippen LogP contribution in [-0.4, -0.2) is 25.9 Å². The molecule has 0 saturated carbocycles. The minimum atomic E-state index is 0.266. The van der Waals surface area contributed by atoms with Crippen LogP contribution in [-0.2, 0) is 22.6 Å². The van der Waals surface area contributed by atoms with Gasteiger partial charge in [0.1, 0.15) is 18.1 Å². The second-order valence-electron chi connectivity index (χ2n) is 6.32. The van der Waals surface area contributed by atoms with Crippen molar-refractivity contribution >= 4 is 0 Å². The monoisotopic (exact) mass is 295 g/mol. The van der Waals surface area contributed by atoms with Gasteiger partial charge in [-0.25, -0.2) is 0 Å². The summed E-state index contributed by atoms with van der Waals surface area (Å²) in [5.74, 6) is 2.55. The molecule has 0 bridgehead atoms. The van der Waals surface area contributed by atoms with E-state index >= 15 is 0 Å². The molecule has 1 N–H and O–H groups in total. The van der Waals surface area contributed by atoms with Crippen LogP contribution in [0.4, 0.5) is 0 Å². The van der Waals surface area contributed by atoms with Crippen molar-refractivity contribution in [3.8, 4) is 0 Å². The SMILES string of the molecule is Cc1oc(COCC2CCCCO2)cc1CNCC(C)C. The van der Waals surface area contributed by atoms with Gasteiger partial charge in [0.25, 0.3) is 0 Å². The summed E-state index contributed by atoms with van der Waals surface area (Å²) in [6, 6.07) is 2.10. The van der Waals surface area contributed by atoms with Gasteiger partial charge in [0, 0.05) is 18.7 Å². The van der Waals surface area contributed by atoms with E-state index in [0.717, 1.165) is 37.6 Å². The Morgan fingerprint density at radius 3 is 2.95 bits per heavy atom. The van der Waals surface area contributed by atoms with Crippen molar-refractivity contribution < 1.29 is 13.9 Å². The molecule has 21 heavy (non-hydrogen) atoms. The summed E-state index contributed by atoms with van der Waals surface area (Å²) in [4.78, 5) is 0. The lowest BCUT2D eigenvalue weighted by atomic mass is 10.1. The molecule has 120 valence electrons. The van der Waals surface area contributed by atoms with Crippen molar-refractivity contribution in [2.24, 2.45) is 5.92 Å². The Balaban J connectivity index is 1.70. The van der Waals surface area contributed by atoms with Crippen LogP contribution in [0.5, 0.6) is 0 Å². The third kappa shape index (κ3) is 5.81. The molecule has 1 atom stereocenters. The lowest BCUT2D eigenvalue weighted by Gasteiger charge is -2.21. The zero-order valence-electron chi connectivity index (χ0n) is 13.6. The van der Waals surface area contributed by atoms with E-state index in [2.05, 4.69) is 25.2 Å². The summed E-state index contributed by atoms with van der Waals surface area (Å²) in [5, 5.41) is 3.44. The van der Waals surface area contributed by atoms with Crippen molar-refractivity contribution in [2.45, 2.75) is 59.3 Å². The number of nitrogens with one attached hydrogen (secondary N) is 1. The van der Waals surface area contributed by atoms with Gasteiger partial charge in [-0.1, -0.05) is 13.8 Å². The highest BCUT2D eigenvalue weighted by atomic mass is 16.5. The van der Waals surface area contributed by atoms with Crippen LogP contribution in [0.1, 0.15) is 50.2 Å². The van der Waals surface area contributed by atoms with Crippen LogP contribution in [0.3, 0.4) is 0 Å². The molecule has 0 aliphatic carbocycles. The number of rotatable bonds is 8. The molecule has 1 aromatic heterocycles. The van der Waals surface area contributed by atoms with Crippen molar-refractivity contribution in [3.05, 3.63) is 23.2 Å². The van der Waals surface area contributed by atoms with E-state index in [9.17, 15) is 0 Å². The van der Waals surface area contributed by atoms with Gasteiger partial charge in [0.15, 0.2) is 0 Å². The first-order chi connectivity index (χ1) is 10.1. The molecule has 4 heteroatoms. The summed E-state index contributed by atoms with van der Waals surface area (Å²) in [6.45, 7) is 10.4. The van der Waals surface area contributed by atoms with Crippen LogP contribution < -0.4 is 5.32 Å². The highest BCUT2D eigenvalue weighted by molar-refractivity contribution is 5.20. The maximum absolute atomic E-state index is 5.76. The average molecular weight is 295 g/mol. The van der Waals surface area contributed by atoms with Crippen LogP contribution >= 0.6 is 0 Å². The van der Waals surface area contributed by atoms with E-state index in [4.69, 9.17) is 13.9 Å². The highest BCUT2D eigenvalue weighted by Crippen LogP contribution is 2.17. The Kier molecular flexibility index (Phi) is 6.74. The maximum atomic E-state index is 5.76. The number of hydrogen-bond donors (Lipinski definition) is 1. The average Bonchev–Trinajstić information content (AvgIpc) is 2.80. The van der Waals surface area contributed by atoms with Crippen LogP contribution in [0.25, 0.3) is 0 Å². The zero-order valence-corrected chi connectivity index (χ0v) is 13.6. The molecule has 1 aromatic rings. The minimum absolute atomic E-state index is 0.266. The molecule has 1 saturated heterocycles. The van der Waals surface area contributed by atoms with E-state index in [1.807, 2.05) is 6.92 Å². The van der Waals surface area contributed by atoms with E-state index in [-0.39, 0.29) is 6.10 Å². The summed E-state index contributed by atoms with van der Waals surface area (Å²) < 4.78 is 17.1. The number of hydrogen-bond acceptors (Lipinski definition) is 4. The summed E-state index contributed by atoms with van der Waals surface area (Å²) >= 11 is 0. The Morgan fingerprint density at radius 2 is 2.24 bits per heavy atom. The van der Waals surface area contributed by atoms with Gasteiger partial charge in [-0.3, -0.25) is 0 Å². The normalized spacial score (nSPS) is 19.3. The molecular weight excluding hydrogens is 266 g/mol. The van der Waals surface area contributed by atoms with E-state index in [1.54, 1.807) is 0 Å². The lowest BCUT2D eigenvalue weighted by Crippen LogP contribution is -2.24. The predicted molar refractivity (Wildman–Crippen MR) is 83.2 cm³/mol. The summed E-state index contributed by atoms with van der Waals surface area (Å²) in [7, 11) is 0. The van der Waals surface area contributed by atoms with Gasteiger partial charge in [-0.2, -0.15) is 0 Å². The fourth-order valence-corrected chi connectivity index (χ4v) is 2.56. The molecular formula is C17H29NO3. The number of aryl methyl sites for hydroxylation is 1. The van der Waals surface area contributed by atoms with E-state index < -0.39 is 0 Å². The molecule has 1 aliphatic rings. The van der Waals surface area contributed by atoms with Crippen molar-refractivity contribution in [1.82, 2.24) is 5.32 Å². The maximum Gasteiger partial charge on any atom is 0.130 e. The molecule has 1 aliphatic heterocycles. The quantitative estimate of drug-likeness (QED) is 0.798. The topological polar surface area (TPSA) is 43.6 Å². The zero-order chi connectivity index (χ0) is 15.1. The largest absolute Gasteiger partial charge is 0.464 e. The molecule has 4 nitrogen and oxygen atoms in total. The van der Waals surface area contributed by atoms with Gasteiger partial charge in [-0.05, 0) is 44.7 Å². The fourth-order valence-electron chi connectivity index (χ4n) is 2.56. The second kappa shape index (κ2) is 8.57. The predicted octanol–water partition coefficient (Wildman–Crippen LogP) is 3.42. The van der Waals surface area contributed by atoms with Gasteiger partial charge in [0.05, 0.1) is 12.7 Å². The Morgan fingerprint density at radius 1 is 1.38 bits per heavy atom. The second-order valence-corrected chi connectivity index (χ2v) is 6.32. The first-order valence-electron chi connectivity index (χ1n) is 8.13. The summed E-state index contributed by atoms with van der Waals surface area (Å²) in [6.07, 6.45) is 3.81.